The van der Waals surface area contributed by atoms with Gasteiger partial charge in [-0.25, -0.2) is 0 Å². The standard InChI is InChI=1S/C22H25N3S.BrH/c1-17-12-14-19(15-13-17)21-24-22(23-20-10-6-3-7-11-20)26-25(21)16-18-8-4-2-5-9-18;/h2,4-5,8-9,12-15,20H,3,6-7,10-11,16H2,1H3;1H. The lowest BCUT2D eigenvalue weighted by molar-refractivity contribution is 0.437. The number of aromatic nitrogens is 2. The SMILES string of the molecule is Br.Cc1ccc(-c2nc(=NC3CCCCC3)sn2Cc2ccccc2)cc1. The summed E-state index contributed by atoms with van der Waals surface area (Å²) < 4.78 is 2.28. The summed E-state index contributed by atoms with van der Waals surface area (Å²) in [5.74, 6) is 1.02. The Balaban J connectivity index is 0.00000210. The van der Waals surface area contributed by atoms with E-state index in [0.717, 1.165) is 22.7 Å². The number of rotatable bonds is 4. The highest BCUT2D eigenvalue weighted by Gasteiger charge is 2.14. The van der Waals surface area contributed by atoms with Crippen molar-refractivity contribution in [2.45, 2.75) is 51.6 Å². The summed E-state index contributed by atoms with van der Waals surface area (Å²) in [5.41, 5.74) is 3.72. The molecule has 0 amide bonds. The van der Waals surface area contributed by atoms with Gasteiger partial charge in [0.25, 0.3) is 0 Å². The van der Waals surface area contributed by atoms with Crippen LogP contribution in [-0.4, -0.2) is 15.0 Å². The van der Waals surface area contributed by atoms with Crippen molar-refractivity contribution in [1.29, 1.82) is 0 Å². The summed E-state index contributed by atoms with van der Waals surface area (Å²) in [6.45, 7) is 2.95. The van der Waals surface area contributed by atoms with E-state index in [1.807, 2.05) is 0 Å². The number of nitrogens with zero attached hydrogens (tertiary/aromatic N) is 3. The first-order valence-corrected chi connectivity index (χ1v) is 10.3. The highest BCUT2D eigenvalue weighted by molar-refractivity contribution is 8.93. The van der Waals surface area contributed by atoms with Crippen LogP contribution in [0.15, 0.2) is 59.6 Å². The largest absolute Gasteiger partial charge is 0.274 e. The molecule has 1 aromatic heterocycles. The van der Waals surface area contributed by atoms with Crippen molar-refractivity contribution in [3.63, 3.8) is 0 Å². The predicted molar refractivity (Wildman–Crippen MR) is 119 cm³/mol. The lowest BCUT2D eigenvalue weighted by atomic mass is 9.96. The van der Waals surface area contributed by atoms with Crippen molar-refractivity contribution < 1.29 is 0 Å². The van der Waals surface area contributed by atoms with E-state index in [1.165, 1.54) is 43.2 Å². The van der Waals surface area contributed by atoms with Crippen LogP contribution in [0.3, 0.4) is 0 Å². The van der Waals surface area contributed by atoms with Gasteiger partial charge in [0.15, 0.2) is 5.82 Å². The fourth-order valence-corrected chi connectivity index (χ4v) is 4.46. The number of halogens is 1. The number of hydrogen-bond acceptors (Lipinski definition) is 3. The molecule has 3 nitrogen and oxygen atoms in total. The Kier molecular flexibility index (Phi) is 7.02. The van der Waals surface area contributed by atoms with Gasteiger partial charge in [-0.1, -0.05) is 79.4 Å². The normalized spacial score (nSPS) is 15.5. The van der Waals surface area contributed by atoms with Gasteiger partial charge in [0, 0.05) is 5.56 Å². The maximum Gasteiger partial charge on any atom is 0.223 e. The van der Waals surface area contributed by atoms with Gasteiger partial charge < -0.3 is 0 Å². The number of aryl methyl sites for hydroxylation is 1. The molecular weight excluding hydrogens is 418 g/mol. The Labute approximate surface area is 175 Å². The molecule has 142 valence electrons. The lowest BCUT2D eigenvalue weighted by Gasteiger charge is -2.16. The van der Waals surface area contributed by atoms with E-state index in [4.69, 9.17) is 9.98 Å². The van der Waals surface area contributed by atoms with E-state index in [1.54, 1.807) is 11.5 Å². The van der Waals surface area contributed by atoms with Crippen LogP contribution in [0.5, 0.6) is 0 Å². The molecule has 0 unspecified atom stereocenters. The third-order valence-corrected chi connectivity index (χ3v) is 5.86. The Morgan fingerprint density at radius 2 is 1.70 bits per heavy atom. The molecule has 27 heavy (non-hydrogen) atoms. The van der Waals surface area contributed by atoms with Crippen molar-refractivity contribution in [3.05, 3.63) is 70.5 Å². The van der Waals surface area contributed by atoms with Gasteiger partial charge in [-0.3, -0.25) is 8.95 Å². The van der Waals surface area contributed by atoms with Crippen LogP contribution in [-0.2, 0) is 6.54 Å². The smallest absolute Gasteiger partial charge is 0.223 e. The molecule has 0 N–H and O–H groups in total. The topological polar surface area (TPSA) is 30.2 Å². The molecule has 1 aliphatic carbocycles. The highest BCUT2D eigenvalue weighted by Crippen LogP contribution is 2.22. The van der Waals surface area contributed by atoms with Gasteiger partial charge in [0.2, 0.25) is 4.80 Å². The van der Waals surface area contributed by atoms with Gasteiger partial charge in [-0.05, 0) is 36.9 Å². The maximum atomic E-state index is 4.97. The van der Waals surface area contributed by atoms with Gasteiger partial charge in [0.1, 0.15) is 0 Å². The molecule has 3 aromatic rings. The first-order chi connectivity index (χ1) is 12.8. The summed E-state index contributed by atoms with van der Waals surface area (Å²) in [5, 5.41) is 0. The van der Waals surface area contributed by atoms with E-state index >= 15 is 0 Å². The van der Waals surface area contributed by atoms with Crippen LogP contribution in [0, 0.1) is 6.92 Å². The molecular formula is C22H26BrN3S. The maximum absolute atomic E-state index is 4.97. The summed E-state index contributed by atoms with van der Waals surface area (Å²) in [6.07, 6.45) is 6.37. The van der Waals surface area contributed by atoms with Crippen LogP contribution in [0.25, 0.3) is 11.4 Å². The van der Waals surface area contributed by atoms with E-state index < -0.39 is 0 Å². The molecule has 0 atom stereocenters. The Morgan fingerprint density at radius 3 is 2.41 bits per heavy atom. The minimum absolute atomic E-state index is 0. The molecule has 0 bridgehead atoms. The van der Waals surface area contributed by atoms with Crippen LogP contribution in [0.4, 0.5) is 0 Å². The molecule has 0 saturated heterocycles. The average molecular weight is 444 g/mol. The predicted octanol–water partition coefficient (Wildman–Crippen LogP) is 5.78. The fraction of sp³-hybridized carbons (Fsp3) is 0.364. The first-order valence-electron chi connectivity index (χ1n) is 9.51. The number of benzene rings is 2. The Morgan fingerprint density at radius 1 is 1.00 bits per heavy atom. The van der Waals surface area contributed by atoms with Gasteiger partial charge in [-0.15, -0.1) is 17.0 Å². The van der Waals surface area contributed by atoms with Crippen molar-refractivity contribution >= 4 is 28.5 Å². The second-order valence-electron chi connectivity index (χ2n) is 7.12. The second kappa shape index (κ2) is 9.47. The van der Waals surface area contributed by atoms with E-state index in [9.17, 15) is 0 Å². The molecule has 1 saturated carbocycles. The molecule has 5 heteroatoms. The van der Waals surface area contributed by atoms with E-state index in [2.05, 4.69) is 65.5 Å². The fourth-order valence-electron chi connectivity index (χ4n) is 3.49. The molecule has 2 aromatic carbocycles. The molecule has 1 aliphatic rings. The average Bonchev–Trinajstić information content (AvgIpc) is 3.06. The van der Waals surface area contributed by atoms with Crippen LogP contribution in [0.1, 0.15) is 43.2 Å². The summed E-state index contributed by atoms with van der Waals surface area (Å²) >= 11 is 1.69. The lowest BCUT2D eigenvalue weighted by Crippen LogP contribution is -2.14. The van der Waals surface area contributed by atoms with Gasteiger partial charge >= 0.3 is 0 Å². The molecule has 4 rings (SSSR count). The van der Waals surface area contributed by atoms with E-state index in [0.29, 0.717) is 6.04 Å². The summed E-state index contributed by atoms with van der Waals surface area (Å²) in [4.78, 5) is 10.8. The molecule has 1 heterocycles. The minimum atomic E-state index is 0. The highest BCUT2D eigenvalue weighted by atomic mass is 79.9. The Hall–Kier alpha value is -1.72. The summed E-state index contributed by atoms with van der Waals surface area (Å²) in [7, 11) is 0. The monoisotopic (exact) mass is 443 g/mol. The van der Waals surface area contributed by atoms with Gasteiger partial charge in [0.05, 0.1) is 12.6 Å². The zero-order chi connectivity index (χ0) is 17.8. The van der Waals surface area contributed by atoms with Crippen LogP contribution < -0.4 is 4.80 Å². The third-order valence-electron chi connectivity index (χ3n) is 4.98. The van der Waals surface area contributed by atoms with Crippen molar-refractivity contribution in [1.82, 2.24) is 8.94 Å². The first kappa shape index (κ1) is 20.0. The zero-order valence-corrected chi connectivity index (χ0v) is 18.2. The minimum Gasteiger partial charge on any atom is -0.274 e. The molecule has 0 aliphatic heterocycles. The van der Waals surface area contributed by atoms with Gasteiger partial charge in [-0.2, -0.15) is 4.98 Å². The molecule has 0 radical (unpaired) electrons. The van der Waals surface area contributed by atoms with Crippen LogP contribution >= 0.6 is 28.5 Å². The zero-order valence-electron chi connectivity index (χ0n) is 15.7. The van der Waals surface area contributed by atoms with Crippen molar-refractivity contribution in [2.24, 2.45) is 4.99 Å². The third kappa shape index (κ3) is 5.17. The van der Waals surface area contributed by atoms with Crippen LogP contribution in [0.2, 0.25) is 0 Å². The van der Waals surface area contributed by atoms with E-state index in [-0.39, 0.29) is 17.0 Å². The van der Waals surface area contributed by atoms with Crippen molar-refractivity contribution in [2.75, 3.05) is 0 Å². The number of hydrogen-bond donors (Lipinski definition) is 0. The molecule has 1 fully saturated rings. The molecule has 0 spiro atoms. The second-order valence-corrected chi connectivity index (χ2v) is 8.11. The van der Waals surface area contributed by atoms with Crippen molar-refractivity contribution in [3.8, 4) is 11.4 Å². The Bertz CT molecular complexity index is 907. The quantitative estimate of drug-likeness (QED) is 0.502. The summed E-state index contributed by atoms with van der Waals surface area (Å²) in [6, 6.07) is 19.7.